The van der Waals surface area contributed by atoms with Crippen molar-refractivity contribution in [3.05, 3.63) is 70.0 Å². The highest BCUT2D eigenvalue weighted by Crippen LogP contribution is 2.29. The van der Waals surface area contributed by atoms with Crippen molar-refractivity contribution in [2.75, 3.05) is 39.9 Å². The molecule has 3 N–H and O–H groups in total. The second-order valence-electron chi connectivity index (χ2n) is 8.09. The summed E-state index contributed by atoms with van der Waals surface area (Å²) in [5, 5.41) is 7.51. The Balaban J connectivity index is 0.00000137. The summed E-state index contributed by atoms with van der Waals surface area (Å²) in [7, 11) is 1.68. The van der Waals surface area contributed by atoms with Crippen LogP contribution in [0.15, 0.2) is 36.4 Å². The highest BCUT2D eigenvalue weighted by atomic mass is 35.5. The smallest absolute Gasteiger partial charge is 0.290 e. The largest absolute Gasteiger partial charge is 0.483 e. The van der Waals surface area contributed by atoms with E-state index in [4.69, 9.17) is 32.0 Å². The third-order valence-corrected chi connectivity index (χ3v) is 5.98. The Hall–Kier alpha value is -2.66. The van der Waals surface area contributed by atoms with Crippen molar-refractivity contribution in [2.45, 2.75) is 24.9 Å². The average Bonchev–Trinajstić information content (AvgIpc) is 2.82. The first-order valence-electron chi connectivity index (χ1n) is 10.9. The van der Waals surface area contributed by atoms with E-state index in [1.165, 1.54) is 0 Å². The lowest BCUT2D eigenvalue weighted by Gasteiger charge is -2.37. The van der Waals surface area contributed by atoms with Crippen molar-refractivity contribution in [3.8, 4) is 0 Å². The Morgan fingerprint density at radius 3 is 2.43 bits per heavy atom. The summed E-state index contributed by atoms with van der Waals surface area (Å²) in [4.78, 5) is 25.0. The number of nitrogens with two attached hydrogens (primary N) is 1. The molecule has 0 aromatic heterocycles. The van der Waals surface area contributed by atoms with E-state index in [0.29, 0.717) is 43.9 Å². The summed E-state index contributed by atoms with van der Waals surface area (Å²) < 4.78 is 45.9. The van der Waals surface area contributed by atoms with E-state index in [0.717, 1.165) is 11.6 Å². The number of hydrogen-bond acceptors (Lipinski definition) is 5. The maximum absolute atomic E-state index is 13.9. The zero-order valence-corrected chi connectivity index (χ0v) is 20.1. The number of rotatable bonds is 8. The number of ether oxygens (including phenoxy) is 1. The molecule has 1 unspecified atom stereocenters. The van der Waals surface area contributed by atoms with Gasteiger partial charge in [0.2, 0.25) is 5.91 Å². The number of likely N-dealkylation sites (N-methyl/N-ethyl adjacent to an activating group) is 1. The molecule has 0 aliphatic carbocycles. The number of carbonyl (C=O) groups is 2. The van der Waals surface area contributed by atoms with Crippen LogP contribution in [0.25, 0.3) is 0 Å². The molecule has 11 heteroatoms. The van der Waals surface area contributed by atoms with Gasteiger partial charge in [-0.05, 0) is 29.7 Å². The van der Waals surface area contributed by atoms with E-state index >= 15 is 0 Å². The first-order chi connectivity index (χ1) is 16.7. The van der Waals surface area contributed by atoms with Crippen molar-refractivity contribution in [3.63, 3.8) is 0 Å². The Morgan fingerprint density at radius 2 is 1.80 bits per heavy atom. The summed E-state index contributed by atoms with van der Waals surface area (Å²) >= 11 is 6.44. The highest BCUT2D eigenvalue weighted by Gasteiger charge is 2.27. The van der Waals surface area contributed by atoms with Crippen LogP contribution in [-0.2, 0) is 20.7 Å². The van der Waals surface area contributed by atoms with Crippen LogP contribution in [0.5, 0.6) is 0 Å². The van der Waals surface area contributed by atoms with Crippen LogP contribution in [0.2, 0.25) is 5.02 Å². The minimum absolute atomic E-state index is 0.0610. The minimum Gasteiger partial charge on any atom is -0.483 e. The van der Waals surface area contributed by atoms with E-state index < -0.39 is 23.5 Å². The molecule has 3 rings (SSSR count). The van der Waals surface area contributed by atoms with E-state index in [1.54, 1.807) is 11.9 Å². The van der Waals surface area contributed by atoms with Crippen LogP contribution in [0, 0.1) is 17.5 Å². The molecule has 1 amide bonds. The van der Waals surface area contributed by atoms with E-state index in [-0.39, 0.29) is 36.8 Å². The topological polar surface area (TPSA) is 96.1 Å². The van der Waals surface area contributed by atoms with Crippen LogP contribution >= 0.6 is 11.6 Å². The number of amides is 1. The van der Waals surface area contributed by atoms with Crippen LogP contribution in [-0.4, -0.2) is 73.2 Å². The first kappa shape index (κ1) is 28.6. The third-order valence-electron chi connectivity index (χ3n) is 5.63. The minimum atomic E-state index is -1.26. The summed E-state index contributed by atoms with van der Waals surface area (Å²) in [6.45, 7) is 2.76. The lowest BCUT2D eigenvalue weighted by atomic mass is 10.0. The van der Waals surface area contributed by atoms with Crippen molar-refractivity contribution >= 4 is 24.0 Å². The lowest BCUT2D eigenvalue weighted by molar-refractivity contribution is -0.131. The normalized spacial score (nSPS) is 15.5. The van der Waals surface area contributed by atoms with Crippen molar-refractivity contribution < 1.29 is 32.6 Å². The summed E-state index contributed by atoms with van der Waals surface area (Å²) in [5.74, 6) is -3.52. The fourth-order valence-electron chi connectivity index (χ4n) is 3.86. The number of benzene rings is 2. The molecule has 1 saturated heterocycles. The van der Waals surface area contributed by atoms with Crippen LogP contribution in [0.4, 0.5) is 13.2 Å². The zero-order chi connectivity index (χ0) is 26.0. The van der Waals surface area contributed by atoms with Gasteiger partial charge in [-0.1, -0.05) is 29.8 Å². The SMILES string of the molecule is CN(C[C@H](c1ccccc1Cl)N1CCOCC1)C(=O)CC(N)Cc1cc(F)c(F)cc1F.O=CO. The molecule has 192 valence electrons. The van der Waals surface area contributed by atoms with Crippen molar-refractivity contribution in [1.29, 1.82) is 0 Å². The van der Waals surface area contributed by atoms with Gasteiger partial charge in [-0.25, -0.2) is 13.2 Å². The molecule has 1 aliphatic rings. The van der Waals surface area contributed by atoms with Gasteiger partial charge in [-0.15, -0.1) is 0 Å². The van der Waals surface area contributed by atoms with Gasteiger partial charge >= 0.3 is 0 Å². The highest BCUT2D eigenvalue weighted by molar-refractivity contribution is 6.31. The van der Waals surface area contributed by atoms with Gasteiger partial charge in [0, 0.05) is 50.2 Å². The van der Waals surface area contributed by atoms with Crippen LogP contribution in [0.1, 0.15) is 23.6 Å². The van der Waals surface area contributed by atoms with Gasteiger partial charge in [0.05, 0.1) is 19.3 Å². The molecule has 0 spiro atoms. The van der Waals surface area contributed by atoms with Gasteiger partial charge in [-0.2, -0.15) is 0 Å². The number of morpholine rings is 1. The number of carbonyl (C=O) groups excluding carboxylic acids is 1. The summed E-state index contributed by atoms with van der Waals surface area (Å²) in [6, 6.07) is 7.92. The molecule has 35 heavy (non-hydrogen) atoms. The molecule has 2 atom stereocenters. The predicted molar refractivity (Wildman–Crippen MR) is 126 cm³/mol. The molecule has 1 aliphatic heterocycles. The fourth-order valence-corrected chi connectivity index (χ4v) is 4.12. The van der Waals surface area contributed by atoms with Gasteiger partial charge in [0.1, 0.15) is 5.82 Å². The Kier molecular flexibility index (Phi) is 11.5. The fraction of sp³-hybridized carbons (Fsp3) is 0.417. The Labute approximate surface area is 207 Å². The molecule has 2 aromatic rings. The zero-order valence-electron chi connectivity index (χ0n) is 19.3. The average molecular weight is 516 g/mol. The van der Waals surface area contributed by atoms with Crippen LogP contribution in [0.3, 0.4) is 0 Å². The van der Waals surface area contributed by atoms with Gasteiger partial charge < -0.3 is 20.5 Å². The van der Waals surface area contributed by atoms with E-state index in [2.05, 4.69) is 4.90 Å². The molecular weight excluding hydrogens is 487 g/mol. The standard InChI is InChI=1S/C23H27ClF3N3O2.CH2O2/c1-29(23(31)12-16(28)10-15-11-20(26)21(27)13-19(15)25)14-22(30-6-8-32-9-7-30)17-4-2-3-5-18(17)24;2-1-3/h2-5,11,13,16,22H,6-10,12,14,28H2,1H3;1H,(H,2,3)/t16?,22-;/m1./s1. The molecule has 1 heterocycles. The molecule has 7 nitrogen and oxygen atoms in total. The monoisotopic (exact) mass is 515 g/mol. The number of hydrogen-bond donors (Lipinski definition) is 2. The van der Waals surface area contributed by atoms with E-state index in [1.807, 2.05) is 24.3 Å². The second kappa shape index (κ2) is 14.0. The quantitative estimate of drug-likeness (QED) is 0.414. The van der Waals surface area contributed by atoms with Gasteiger partial charge in [-0.3, -0.25) is 14.5 Å². The second-order valence-corrected chi connectivity index (χ2v) is 8.50. The molecule has 0 saturated carbocycles. The number of nitrogens with zero attached hydrogens (tertiary/aromatic N) is 2. The van der Waals surface area contributed by atoms with Gasteiger partial charge in [0.15, 0.2) is 11.6 Å². The predicted octanol–water partition coefficient (Wildman–Crippen LogP) is 3.25. The van der Waals surface area contributed by atoms with Crippen molar-refractivity contribution in [2.24, 2.45) is 5.73 Å². The first-order valence-corrected chi connectivity index (χ1v) is 11.3. The molecular formula is C24H29ClF3N3O4. The molecule has 1 fully saturated rings. The maximum Gasteiger partial charge on any atom is 0.290 e. The third kappa shape index (κ3) is 8.50. The Bertz CT molecular complexity index is 992. The number of carboxylic acid groups (broad SMARTS) is 1. The summed E-state index contributed by atoms with van der Waals surface area (Å²) in [6.07, 6.45) is -0.146. The van der Waals surface area contributed by atoms with E-state index in [9.17, 15) is 18.0 Å². The summed E-state index contributed by atoms with van der Waals surface area (Å²) in [5.41, 5.74) is 6.89. The van der Waals surface area contributed by atoms with Gasteiger partial charge in [0.25, 0.3) is 6.47 Å². The lowest BCUT2D eigenvalue weighted by Crippen LogP contribution is -2.45. The Morgan fingerprint density at radius 1 is 1.20 bits per heavy atom. The molecule has 0 bridgehead atoms. The molecule has 0 radical (unpaired) electrons. The van der Waals surface area contributed by atoms with Crippen molar-refractivity contribution in [1.82, 2.24) is 9.80 Å². The molecule has 2 aromatic carbocycles. The van der Waals surface area contributed by atoms with Crippen LogP contribution < -0.4 is 5.73 Å². The maximum atomic E-state index is 13.9. The number of halogens is 4.